The molecule has 9 heteroatoms. The van der Waals surface area contributed by atoms with Gasteiger partial charge in [0.25, 0.3) is 21.5 Å². The summed E-state index contributed by atoms with van der Waals surface area (Å²) in [5.41, 5.74) is 1.08. The lowest BCUT2D eigenvalue weighted by molar-refractivity contribution is 0.0963. The van der Waals surface area contributed by atoms with Crippen molar-refractivity contribution in [3.63, 3.8) is 0 Å². The third kappa shape index (κ3) is 3.88. The minimum absolute atomic E-state index is 0.00623. The van der Waals surface area contributed by atoms with E-state index in [9.17, 15) is 18.0 Å². The summed E-state index contributed by atoms with van der Waals surface area (Å²) in [5.74, 6) is -0.427. The van der Waals surface area contributed by atoms with Crippen molar-refractivity contribution in [1.82, 2.24) is 14.7 Å². The molecule has 2 N–H and O–H groups in total. The molecular weight excluding hydrogens is 404 g/mol. The first-order chi connectivity index (χ1) is 14.2. The number of benzene rings is 2. The quantitative estimate of drug-likeness (QED) is 0.630. The molecule has 3 aromatic rings. The second-order valence-corrected chi connectivity index (χ2v) is 8.78. The van der Waals surface area contributed by atoms with Gasteiger partial charge in [-0.15, -0.1) is 0 Å². The van der Waals surface area contributed by atoms with Crippen molar-refractivity contribution in [2.75, 3.05) is 11.8 Å². The number of nitrogens with zero attached hydrogens (tertiary/aromatic N) is 2. The van der Waals surface area contributed by atoms with E-state index in [1.54, 1.807) is 23.9 Å². The highest BCUT2D eigenvalue weighted by molar-refractivity contribution is 7.92. The first-order valence-corrected chi connectivity index (χ1v) is 10.9. The van der Waals surface area contributed by atoms with Gasteiger partial charge >= 0.3 is 0 Å². The number of rotatable bonds is 6. The van der Waals surface area contributed by atoms with E-state index in [0.717, 1.165) is 0 Å². The minimum Gasteiger partial charge on any atom is -0.355 e. The number of sulfonamides is 1. The summed E-state index contributed by atoms with van der Waals surface area (Å²) >= 11 is 0. The highest BCUT2D eigenvalue weighted by Gasteiger charge is 2.26. The van der Waals surface area contributed by atoms with Crippen LogP contribution in [0.4, 0.5) is 5.69 Å². The molecule has 0 spiro atoms. The lowest BCUT2D eigenvalue weighted by Gasteiger charge is -2.13. The number of amides is 1. The number of hydrogen-bond acceptors (Lipinski definition) is 4. The van der Waals surface area contributed by atoms with Crippen LogP contribution in [0.1, 0.15) is 35.8 Å². The van der Waals surface area contributed by atoms with Gasteiger partial charge in [-0.2, -0.15) is 0 Å². The highest BCUT2D eigenvalue weighted by atomic mass is 32.2. The Morgan fingerprint density at radius 1 is 1.00 bits per heavy atom. The van der Waals surface area contributed by atoms with Gasteiger partial charge in [0.2, 0.25) is 0 Å². The van der Waals surface area contributed by atoms with Crippen LogP contribution >= 0.6 is 0 Å². The van der Waals surface area contributed by atoms with Gasteiger partial charge in [-0.3, -0.25) is 19.0 Å². The Labute approximate surface area is 175 Å². The van der Waals surface area contributed by atoms with Crippen molar-refractivity contribution in [3.8, 4) is 5.69 Å². The molecule has 8 nitrogen and oxygen atoms in total. The van der Waals surface area contributed by atoms with Crippen molar-refractivity contribution in [3.05, 3.63) is 76.2 Å². The first-order valence-electron chi connectivity index (χ1n) is 9.39. The van der Waals surface area contributed by atoms with E-state index in [1.165, 1.54) is 36.0 Å². The largest absolute Gasteiger partial charge is 0.355 e. The van der Waals surface area contributed by atoms with Crippen LogP contribution in [0.25, 0.3) is 5.69 Å². The fraction of sp³-hybridized carbons (Fsp3) is 0.238. The van der Waals surface area contributed by atoms with E-state index in [1.807, 2.05) is 32.0 Å². The first kappa shape index (κ1) is 21.4. The van der Waals surface area contributed by atoms with Gasteiger partial charge in [0.1, 0.15) is 5.69 Å². The van der Waals surface area contributed by atoms with Crippen LogP contribution < -0.4 is 15.6 Å². The predicted octanol–water partition coefficient (Wildman–Crippen LogP) is 2.46. The summed E-state index contributed by atoms with van der Waals surface area (Å²) in [5, 5.41) is 2.48. The van der Waals surface area contributed by atoms with Crippen LogP contribution in [0.3, 0.4) is 0 Å². The van der Waals surface area contributed by atoms with Gasteiger partial charge in [0.05, 0.1) is 16.3 Å². The normalized spacial score (nSPS) is 11.5. The zero-order valence-corrected chi connectivity index (χ0v) is 18.0. The maximum absolute atomic E-state index is 13.2. The molecule has 30 heavy (non-hydrogen) atoms. The predicted molar refractivity (Wildman–Crippen MR) is 116 cm³/mol. The molecule has 0 aliphatic rings. The van der Waals surface area contributed by atoms with Crippen molar-refractivity contribution in [1.29, 1.82) is 0 Å². The molecule has 1 aromatic heterocycles. The Balaban J connectivity index is 2.08. The van der Waals surface area contributed by atoms with Crippen molar-refractivity contribution >= 4 is 21.6 Å². The van der Waals surface area contributed by atoms with E-state index < -0.39 is 15.6 Å². The van der Waals surface area contributed by atoms with Crippen LogP contribution in [-0.2, 0) is 17.1 Å². The average Bonchev–Trinajstić information content (AvgIpc) is 2.97. The third-order valence-electron chi connectivity index (χ3n) is 4.75. The lowest BCUT2D eigenvalue weighted by atomic mass is 10.1. The maximum Gasteiger partial charge on any atom is 0.296 e. The van der Waals surface area contributed by atoms with E-state index in [-0.39, 0.29) is 22.4 Å². The number of aromatic nitrogens is 2. The summed E-state index contributed by atoms with van der Waals surface area (Å²) in [6.07, 6.45) is 0. The Bertz CT molecular complexity index is 1220. The maximum atomic E-state index is 13.2. The fourth-order valence-electron chi connectivity index (χ4n) is 3.36. The Hall–Kier alpha value is -3.33. The molecule has 3 rings (SSSR count). The zero-order valence-electron chi connectivity index (χ0n) is 17.2. The number of carbonyl (C=O) groups is 1. The molecule has 0 atom stereocenters. The van der Waals surface area contributed by atoms with Crippen LogP contribution in [-0.4, -0.2) is 30.7 Å². The van der Waals surface area contributed by atoms with E-state index in [4.69, 9.17) is 0 Å². The SMILES string of the molecule is CNC(=O)c1ccc(S(=O)(=O)Nc2c(C(C)C)n(C)n(-c3ccccc3)c2=O)cc1. The number of anilines is 1. The van der Waals surface area contributed by atoms with Gasteiger partial charge in [0, 0.05) is 19.7 Å². The van der Waals surface area contributed by atoms with E-state index in [0.29, 0.717) is 16.9 Å². The molecule has 0 fully saturated rings. The summed E-state index contributed by atoms with van der Waals surface area (Å²) in [4.78, 5) is 24.8. The third-order valence-corrected chi connectivity index (χ3v) is 6.11. The van der Waals surface area contributed by atoms with Gasteiger partial charge in [-0.05, 0) is 42.3 Å². The molecule has 0 saturated carbocycles. The average molecular weight is 429 g/mol. The van der Waals surface area contributed by atoms with Crippen molar-refractivity contribution in [2.24, 2.45) is 7.05 Å². The number of carbonyl (C=O) groups excluding carboxylic acids is 1. The molecule has 0 radical (unpaired) electrons. The van der Waals surface area contributed by atoms with Gasteiger partial charge in [-0.1, -0.05) is 32.0 Å². The van der Waals surface area contributed by atoms with Crippen LogP contribution in [0.5, 0.6) is 0 Å². The molecule has 158 valence electrons. The summed E-state index contributed by atoms with van der Waals surface area (Å²) in [6.45, 7) is 3.78. The summed E-state index contributed by atoms with van der Waals surface area (Å²) in [7, 11) is -0.818. The molecule has 0 aliphatic heterocycles. The van der Waals surface area contributed by atoms with Crippen LogP contribution in [0.15, 0.2) is 64.3 Å². The molecule has 2 aromatic carbocycles. The van der Waals surface area contributed by atoms with Crippen molar-refractivity contribution in [2.45, 2.75) is 24.7 Å². The van der Waals surface area contributed by atoms with Gasteiger partial charge < -0.3 is 5.32 Å². The van der Waals surface area contributed by atoms with Crippen molar-refractivity contribution < 1.29 is 13.2 Å². The minimum atomic E-state index is -4.04. The Kier molecular flexibility index (Phi) is 5.84. The second-order valence-electron chi connectivity index (χ2n) is 7.10. The fourth-order valence-corrected chi connectivity index (χ4v) is 4.44. The highest BCUT2D eigenvalue weighted by Crippen LogP contribution is 2.25. The molecule has 0 bridgehead atoms. The van der Waals surface area contributed by atoms with E-state index in [2.05, 4.69) is 10.0 Å². The van der Waals surface area contributed by atoms with E-state index >= 15 is 0 Å². The lowest BCUT2D eigenvalue weighted by Crippen LogP contribution is -2.23. The topological polar surface area (TPSA) is 102 Å². The van der Waals surface area contributed by atoms with Gasteiger partial charge in [-0.25, -0.2) is 13.1 Å². The number of nitrogens with one attached hydrogen (secondary N) is 2. The summed E-state index contributed by atoms with van der Waals surface area (Å²) < 4.78 is 31.5. The monoisotopic (exact) mass is 428 g/mol. The molecule has 1 heterocycles. The molecule has 0 unspecified atom stereocenters. The standard InChI is InChI=1S/C21H24N4O4S/c1-14(2)19-18(21(27)25(24(19)4)16-8-6-5-7-9-16)23-30(28,29)17-12-10-15(11-13-17)20(26)22-3/h5-14,23H,1-4H3,(H,22,26). The van der Waals surface area contributed by atoms with Gasteiger partial charge in [0.15, 0.2) is 0 Å². The zero-order chi connectivity index (χ0) is 22.1. The summed E-state index contributed by atoms with van der Waals surface area (Å²) in [6, 6.07) is 14.5. The molecular formula is C21H24N4O4S. The Morgan fingerprint density at radius 3 is 2.13 bits per heavy atom. The smallest absolute Gasteiger partial charge is 0.296 e. The molecule has 0 aliphatic carbocycles. The van der Waals surface area contributed by atoms with Crippen LogP contribution in [0.2, 0.25) is 0 Å². The number of para-hydroxylation sites is 1. The molecule has 1 amide bonds. The molecule has 0 saturated heterocycles. The number of hydrogen-bond donors (Lipinski definition) is 2. The van der Waals surface area contributed by atoms with Crippen LogP contribution in [0, 0.1) is 0 Å². The second kappa shape index (κ2) is 8.19. The Morgan fingerprint density at radius 2 is 1.60 bits per heavy atom.